The van der Waals surface area contributed by atoms with Crippen molar-refractivity contribution in [1.82, 2.24) is 25.7 Å². The fraction of sp³-hybridized carbons (Fsp3) is 0.643. The Kier molecular flexibility index (Phi) is 9.07. The zero-order chi connectivity index (χ0) is 15.9. The highest BCUT2D eigenvalue weighted by atomic mass is 127. The summed E-state index contributed by atoms with van der Waals surface area (Å²) in [5.41, 5.74) is 0.707. The van der Waals surface area contributed by atoms with Crippen LogP contribution in [0.4, 0.5) is 0 Å². The maximum absolute atomic E-state index is 11.7. The van der Waals surface area contributed by atoms with Crippen molar-refractivity contribution in [2.24, 2.45) is 17.5 Å². The van der Waals surface area contributed by atoms with E-state index in [1.165, 1.54) is 0 Å². The van der Waals surface area contributed by atoms with Crippen LogP contribution in [0.5, 0.6) is 0 Å². The van der Waals surface area contributed by atoms with Gasteiger partial charge in [-0.2, -0.15) is 5.10 Å². The van der Waals surface area contributed by atoms with Crippen molar-refractivity contribution in [3.05, 3.63) is 18.0 Å². The van der Waals surface area contributed by atoms with Crippen LogP contribution >= 0.6 is 24.0 Å². The molecule has 22 heavy (non-hydrogen) atoms. The number of nitrogens with zero attached hydrogens (tertiary/aromatic N) is 3. The molecule has 0 aliphatic rings. The van der Waals surface area contributed by atoms with E-state index in [0.29, 0.717) is 25.6 Å². The second-order valence-corrected chi connectivity index (χ2v) is 5.80. The number of guanidine groups is 1. The van der Waals surface area contributed by atoms with Gasteiger partial charge >= 0.3 is 0 Å². The van der Waals surface area contributed by atoms with Crippen LogP contribution in [-0.2, 0) is 18.4 Å². The average Bonchev–Trinajstić information content (AvgIpc) is 2.82. The second-order valence-electron chi connectivity index (χ2n) is 5.80. The van der Waals surface area contributed by atoms with Gasteiger partial charge in [-0.3, -0.25) is 14.5 Å². The predicted molar refractivity (Wildman–Crippen MR) is 99.3 cm³/mol. The highest BCUT2D eigenvalue weighted by Gasteiger charge is 2.20. The van der Waals surface area contributed by atoms with Crippen molar-refractivity contribution >= 4 is 35.8 Å². The lowest BCUT2D eigenvalue weighted by Crippen LogP contribution is -2.43. The van der Waals surface area contributed by atoms with E-state index < -0.39 is 0 Å². The number of hydrogen-bond donors (Lipinski definition) is 3. The van der Waals surface area contributed by atoms with Crippen LogP contribution in [0.25, 0.3) is 0 Å². The first-order chi connectivity index (χ1) is 9.84. The summed E-state index contributed by atoms with van der Waals surface area (Å²) in [6, 6.07) is 1.95. The molecule has 0 unspecified atom stereocenters. The first-order valence-electron chi connectivity index (χ1n) is 7.04. The molecule has 1 rings (SSSR count). The Morgan fingerprint density at radius 1 is 1.27 bits per heavy atom. The molecule has 0 aliphatic carbocycles. The van der Waals surface area contributed by atoms with Crippen molar-refractivity contribution < 1.29 is 4.79 Å². The molecule has 1 amide bonds. The molecule has 0 saturated heterocycles. The van der Waals surface area contributed by atoms with Crippen LogP contribution in [0.15, 0.2) is 17.3 Å². The summed E-state index contributed by atoms with van der Waals surface area (Å²) in [6.45, 7) is 7.50. The Labute approximate surface area is 149 Å². The van der Waals surface area contributed by atoms with Gasteiger partial charge in [-0.1, -0.05) is 20.8 Å². The quantitative estimate of drug-likeness (QED) is 0.285. The Bertz CT molecular complexity index is 492. The van der Waals surface area contributed by atoms with Gasteiger partial charge in [0.05, 0.1) is 12.2 Å². The van der Waals surface area contributed by atoms with Gasteiger partial charge in [0.15, 0.2) is 5.96 Å². The molecule has 8 heteroatoms. The molecule has 3 N–H and O–H groups in total. The summed E-state index contributed by atoms with van der Waals surface area (Å²) in [4.78, 5) is 15.8. The van der Waals surface area contributed by atoms with Gasteiger partial charge in [-0.25, -0.2) is 0 Å². The topological polar surface area (TPSA) is 83.3 Å². The molecule has 1 heterocycles. The van der Waals surface area contributed by atoms with Crippen LogP contribution < -0.4 is 16.0 Å². The van der Waals surface area contributed by atoms with E-state index in [9.17, 15) is 4.79 Å². The summed E-state index contributed by atoms with van der Waals surface area (Å²) in [7, 11) is 3.61. The maximum Gasteiger partial charge on any atom is 0.225 e. The minimum atomic E-state index is -0.362. The third-order valence-electron chi connectivity index (χ3n) is 2.97. The van der Waals surface area contributed by atoms with Gasteiger partial charge in [0.2, 0.25) is 5.91 Å². The Morgan fingerprint density at radius 2 is 1.91 bits per heavy atom. The molecule has 0 radical (unpaired) electrons. The number of halogens is 1. The highest BCUT2D eigenvalue weighted by molar-refractivity contribution is 14.0. The lowest BCUT2D eigenvalue weighted by Gasteiger charge is -2.18. The van der Waals surface area contributed by atoms with Gasteiger partial charge in [-0.15, -0.1) is 24.0 Å². The predicted octanol–water partition coefficient (Wildman–Crippen LogP) is 0.865. The first-order valence-corrected chi connectivity index (χ1v) is 7.04. The number of aliphatic imine (C=N–C) groups is 1. The van der Waals surface area contributed by atoms with Gasteiger partial charge in [-0.05, 0) is 6.07 Å². The molecule has 0 aromatic carbocycles. The van der Waals surface area contributed by atoms with E-state index >= 15 is 0 Å². The molecule has 126 valence electrons. The highest BCUT2D eigenvalue weighted by Crippen LogP contribution is 2.11. The van der Waals surface area contributed by atoms with Crippen molar-refractivity contribution in [2.75, 3.05) is 20.1 Å². The Balaban J connectivity index is 0.00000441. The number of aromatic nitrogens is 2. The van der Waals surface area contributed by atoms with E-state index in [0.717, 1.165) is 5.69 Å². The number of carbonyl (C=O) groups excluding carboxylic acids is 1. The number of hydrogen-bond acceptors (Lipinski definition) is 3. The standard InChI is InChI=1S/C14H26N6O.HI/c1-14(2,3)12(21)16-8-9-17-13(15-4)18-10-11-6-7-19-20(11)5;/h6-7H,8-10H2,1-5H3,(H,16,21)(H2,15,17,18);1H. The zero-order valence-electron chi connectivity index (χ0n) is 13.9. The van der Waals surface area contributed by atoms with Crippen LogP contribution in [0, 0.1) is 5.41 Å². The summed E-state index contributed by atoms with van der Waals surface area (Å²) in [6.07, 6.45) is 1.76. The van der Waals surface area contributed by atoms with E-state index in [2.05, 4.69) is 26.0 Å². The third-order valence-corrected chi connectivity index (χ3v) is 2.97. The van der Waals surface area contributed by atoms with Crippen LogP contribution in [0.1, 0.15) is 26.5 Å². The molecular weight excluding hydrogens is 395 g/mol. The van der Waals surface area contributed by atoms with Crippen molar-refractivity contribution in [2.45, 2.75) is 27.3 Å². The van der Waals surface area contributed by atoms with E-state index in [1.54, 1.807) is 13.2 Å². The van der Waals surface area contributed by atoms with E-state index in [1.807, 2.05) is 38.6 Å². The van der Waals surface area contributed by atoms with Crippen LogP contribution in [0.2, 0.25) is 0 Å². The maximum atomic E-state index is 11.7. The molecule has 0 spiro atoms. The monoisotopic (exact) mass is 422 g/mol. The van der Waals surface area contributed by atoms with Crippen molar-refractivity contribution in [1.29, 1.82) is 0 Å². The SMILES string of the molecule is CN=C(NCCNC(=O)C(C)(C)C)NCc1ccnn1C.I. The molecule has 0 bridgehead atoms. The van der Waals surface area contributed by atoms with Crippen LogP contribution in [0.3, 0.4) is 0 Å². The minimum absolute atomic E-state index is 0. The smallest absolute Gasteiger partial charge is 0.225 e. The molecule has 0 fully saturated rings. The number of carbonyl (C=O) groups is 1. The zero-order valence-corrected chi connectivity index (χ0v) is 16.3. The molecule has 1 aromatic heterocycles. The molecule has 0 aliphatic heterocycles. The molecule has 1 aromatic rings. The Hall–Kier alpha value is -1.32. The number of nitrogens with one attached hydrogen (secondary N) is 3. The fourth-order valence-electron chi connectivity index (χ4n) is 1.59. The normalized spacial score (nSPS) is 11.6. The Morgan fingerprint density at radius 3 is 2.41 bits per heavy atom. The summed E-state index contributed by atoms with van der Waals surface area (Å²) >= 11 is 0. The van der Waals surface area contributed by atoms with Gasteiger partial charge in [0, 0.05) is 38.8 Å². The first kappa shape index (κ1) is 20.7. The van der Waals surface area contributed by atoms with Gasteiger partial charge in [0.1, 0.15) is 0 Å². The summed E-state index contributed by atoms with van der Waals surface area (Å²) in [5, 5.41) is 13.3. The number of aryl methyl sites for hydroxylation is 1. The van der Waals surface area contributed by atoms with E-state index in [4.69, 9.17) is 0 Å². The van der Waals surface area contributed by atoms with Crippen LogP contribution in [-0.4, -0.2) is 41.8 Å². The molecule has 7 nitrogen and oxygen atoms in total. The lowest BCUT2D eigenvalue weighted by molar-refractivity contribution is -0.128. The largest absolute Gasteiger partial charge is 0.355 e. The summed E-state index contributed by atoms with van der Waals surface area (Å²) < 4.78 is 1.81. The van der Waals surface area contributed by atoms with Gasteiger partial charge in [0.25, 0.3) is 0 Å². The number of rotatable bonds is 5. The fourth-order valence-corrected chi connectivity index (χ4v) is 1.59. The third kappa shape index (κ3) is 7.10. The molecule has 0 saturated carbocycles. The van der Waals surface area contributed by atoms with E-state index in [-0.39, 0.29) is 35.3 Å². The minimum Gasteiger partial charge on any atom is -0.355 e. The molecular formula is C14H27IN6O. The van der Waals surface area contributed by atoms with Gasteiger partial charge < -0.3 is 16.0 Å². The molecule has 0 atom stereocenters. The summed E-state index contributed by atoms with van der Waals surface area (Å²) in [5.74, 6) is 0.739. The van der Waals surface area contributed by atoms with Crippen molar-refractivity contribution in [3.63, 3.8) is 0 Å². The second kappa shape index (κ2) is 9.65. The van der Waals surface area contributed by atoms with Crippen molar-refractivity contribution in [3.8, 4) is 0 Å². The lowest BCUT2D eigenvalue weighted by atomic mass is 9.96. The average molecular weight is 422 g/mol. The number of amides is 1.